The summed E-state index contributed by atoms with van der Waals surface area (Å²) in [4.78, 5) is 23.7. The van der Waals surface area contributed by atoms with Crippen molar-refractivity contribution in [2.75, 3.05) is 11.4 Å². The largest absolute Gasteiger partial charge is 0.467 e. The Morgan fingerprint density at radius 3 is 2.96 bits per heavy atom. The van der Waals surface area contributed by atoms with E-state index in [0.717, 1.165) is 30.8 Å². The number of hydrogen-bond acceptors (Lipinski definition) is 5. The summed E-state index contributed by atoms with van der Waals surface area (Å²) in [5.74, 6) is 1.04. The number of furan rings is 1. The van der Waals surface area contributed by atoms with Crippen LogP contribution in [0.25, 0.3) is 0 Å². The third-order valence-electron chi connectivity index (χ3n) is 4.43. The van der Waals surface area contributed by atoms with Crippen LogP contribution in [-0.4, -0.2) is 22.4 Å². The van der Waals surface area contributed by atoms with Crippen LogP contribution in [0.5, 0.6) is 0 Å². The van der Waals surface area contributed by atoms with Crippen LogP contribution in [0.3, 0.4) is 0 Å². The van der Waals surface area contributed by atoms with Gasteiger partial charge in [0.25, 0.3) is 5.91 Å². The Morgan fingerprint density at radius 2 is 2.12 bits per heavy atom. The first-order valence-electron chi connectivity index (χ1n) is 8.72. The van der Waals surface area contributed by atoms with E-state index < -0.39 is 0 Å². The summed E-state index contributed by atoms with van der Waals surface area (Å²) in [7, 11) is 0. The Morgan fingerprint density at radius 1 is 1.23 bits per heavy atom. The molecule has 26 heavy (non-hydrogen) atoms. The van der Waals surface area contributed by atoms with Crippen LogP contribution < -0.4 is 10.2 Å². The number of para-hydroxylation sites is 1. The van der Waals surface area contributed by atoms with Crippen molar-refractivity contribution in [3.05, 3.63) is 71.4 Å². The third kappa shape index (κ3) is 3.31. The monoisotopic (exact) mass is 348 g/mol. The van der Waals surface area contributed by atoms with Gasteiger partial charge in [0, 0.05) is 17.9 Å². The van der Waals surface area contributed by atoms with E-state index >= 15 is 0 Å². The number of amides is 1. The molecule has 4 rings (SSSR count). The van der Waals surface area contributed by atoms with E-state index in [0.29, 0.717) is 23.9 Å². The second-order valence-electron chi connectivity index (χ2n) is 6.34. The van der Waals surface area contributed by atoms with Gasteiger partial charge in [-0.15, -0.1) is 0 Å². The average Bonchev–Trinajstić information content (AvgIpc) is 3.18. The lowest BCUT2D eigenvalue weighted by Gasteiger charge is -2.29. The highest BCUT2D eigenvalue weighted by Crippen LogP contribution is 2.31. The quantitative estimate of drug-likeness (QED) is 0.782. The van der Waals surface area contributed by atoms with E-state index in [1.165, 1.54) is 5.56 Å². The van der Waals surface area contributed by atoms with E-state index in [2.05, 4.69) is 32.3 Å². The van der Waals surface area contributed by atoms with Crippen LogP contribution in [-0.2, 0) is 13.0 Å². The minimum atomic E-state index is -0.238. The molecular formula is C20H20N4O2. The summed E-state index contributed by atoms with van der Waals surface area (Å²) in [6, 6.07) is 13.6. The minimum Gasteiger partial charge on any atom is -0.467 e. The molecule has 0 saturated heterocycles. The van der Waals surface area contributed by atoms with Crippen molar-refractivity contribution in [1.29, 1.82) is 0 Å². The van der Waals surface area contributed by atoms with E-state index in [4.69, 9.17) is 4.42 Å². The smallest absolute Gasteiger partial charge is 0.270 e. The lowest BCUT2D eigenvalue weighted by Crippen LogP contribution is -2.29. The molecule has 3 aromatic rings. The van der Waals surface area contributed by atoms with Crippen molar-refractivity contribution >= 4 is 17.5 Å². The highest BCUT2D eigenvalue weighted by Gasteiger charge is 2.21. The molecule has 1 amide bonds. The lowest BCUT2D eigenvalue weighted by molar-refractivity contribution is 0.0943. The Labute approximate surface area is 151 Å². The highest BCUT2D eigenvalue weighted by atomic mass is 16.3. The molecule has 1 aliphatic heterocycles. The lowest BCUT2D eigenvalue weighted by atomic mass is 10.0. The van der Waals surface area contributed by atoms with E-state index in [1.54, 1.807) is 18.4 Å². The molecule has 6 heteroatoms. The van der Waals surface area contributed by atoms with Crippen LogP contribution >= 0.6 is 0 Å². The van der Waals surface area contributed by atoms with E-state index in [9.17, 15) is 4.79 Å². The van der Waals surface area contributed by atoms with Gasteiger partial charge in [-0.2, -0.15) is 0 Å². The number of carbonyl (C=O) groups is 1. The molecule has 0 bridgehead atoms. The molecule has 2 aromatic heterocycles. The summed E-state index contributed by atoms with van der Waals surface area (Å²) >= 11 is 0. The molecule has 0 aliphatic carbocycles. The van der Waals surface area contributed by atoms with Gasteiger partial charge in [-0.25, -0.2) is 9.97 Å². The Kier molecular flexibility index (Phi) is 4.39. The molecule has 0 saturated carbocycles. The fraction of sp³-hybridized carbons (Fsp3) is 0.250. The molecule has 1 N–H and O–H groups in total. The van der Waals surface area contributed by atoms with Crippen molar-refractivity contribution in [2.45, 2.75) is 26.3 Å². The number of carbonyl (C=O) groups excluding carboxylic acids is 1. The number of nitrogens with one attached hydrogen (secondary N) is 1. The predicted octanol–water partition coefficient (Wildman–Crippen LogP) is 3.39. The van der Waals surface area contributed by atoms with Gasteiger partial charge in [0.2, 0.25) is 5.95 Å². The molecule has 0 atom stereocenters. The number of aryl methyl sites for hydroxylation is 2. The normalized spacial score (nSPS) is 13.3. The SMILES string of the molecule is Cc1cc(C(=O)NCc2ccco2)nc(N2CCCc3ccccc32)n1. The van der Waals surface area contributed by atoms with Crippen molar-refractivity contribution in [2.24, 2.45) is 0 Å². The minimum absolute atomic E-state index is 0.238. The van der Waals surface area contributed by atoms with Crippen LogP contribution in [0.15, 0.2) is 53.1 Å². The molecule has 132 valence electrons. The Hall–Kier alpha value is -3.15. The van der Waals surface area contributed by atoms with Gasteiger partial charge in [0.1, 0.15) is 11.5 Å². The van der Waals surface area contributed by atoms with Crippen LogP contribution in [0.1, 0.15) is 33.9 Å². The molecule has 1 aromatic carbocycles. The molecule has 0 radical (unpaired) electrons. The van der Waals surface area contributed by atoms with Crippen LogP contribution in [0.4, 0.5) is 11.6 Å². The Balaban J connectivity index is 1.60. The highest BCUT2D eigenvalue weighted by molar-refractivity contribution is 5.92. The van der Waals surface area contributed by atoms with Crippen LogP contribution in [0, 0.1) is 6.92 Å². The van der Waals surface area contributed by atoms with Gasteiger partial charge in [-0.3, -0.25) is 4.79 Å². The summed E-state index contributed by atoms with van der Waals surface area (Å²) in [6.45, 7) is 3.05. The number of fused-ring (bicyclic) bond motifs is 1. The first-order valence-corrected chi connectivity index (χ1v) is 8.72. The van der Waals surface area contributed by atoms with Crippen LogP contribution in [0.2, 0.25) is 0 Å². The molecular weight excluding hydrogens is 328 g/mol. The zero-order chi connectivity index (χ0) is 17.9. The maximum atomic E-state index is 12.5. The summed E-state index contributed by atoms with van der Waals surface area (Å²) in [5, 5.41) is 2.84. The number of anilines is 2. The summed E-state index contributed by atoms with van der Waals surface area (Å²) < 4.78 is 5.25. The second-order valence-corrected chi connectivity index (χ2v) is 6.34. The average molecular weight is 348 g/mol. The number of rotatable bonds is 4. The third-order valence-corrected chi connectivity index (χ3v) is 4.43. The maximum Gasteiger partial charge on any atom is 0.270 e. The van der Waals surface area contributed by atoms with Gasteiger partial charge in [0.15, 0.2) is 0 Å². The second kappa shape index (κ2) is 7.00. The fourth-order valence-corrected chi connectivity index (χ4v) is 3.20. The predicted molar refractivity (Wildman–Crippen MR) is 98.4 cm³/mol. The zero-order valence-electron chi connectivity index (χ0n) is 14.6. The van der Waals surface area contributed by atoms with Crippen molar-refractivity contribution < 1.29 is 9.21 Å². The molecule has 0 spiro atoms. The zero-order valence-corrected chi connectivity index (χ0v) is 14.6. The topological polar surface area (TPSA) is 71.3 Å². The molecule has 0 unspecified atom stereocenters. The van der Waals surface area contributed by atoms with E-state index in [1.807, 2.05) is 25.1 Å². The van der Waals surface area contributed by atoms with Gasteiger partial charge >= 0.3 is 0 Å². The molecule has 6 nitrogen and oxygen atoms in total. The van der Waals surface area contributed by atoms with Gasteiger partial charge in [-0.1, -0.05) is 18.2 Å². The first-order chi connectivity index (χ1) is 12.7. The van der Waals surface area contributed by atoms with Crippen molar-refractivity contribution in [3.8, 4) is 0 Å². The molecule has 1 aliphatic rings. The van der Waals surface area contributed by atoms with Gasteiger partial charge < -0.3 is 14.6 Å². The number of hydrogen-bond donors (Lipinski definition) is 1. The fourth-order valence-electron chi connectivity index (χ4n) is 3.20. The number of benzene rings is 1. The van der Waals surface area contributed by atoms with Crippen molar-refractivity contribution in [3.63, 3.8) is 0 Å². The van der Waals surface area contributed by atoms with Gasteiger partial charge in [-0.05, 0) is 49.6 Å². The van der Waals surface area contributed by atoms with Crippen molar-refractivity contribution in [1.82, 2.24) is 15.3 Å². The summed E-state index contributed by atoms with van der Waals surface area (Å²) in [5.41, 5.74) is 3.53. The molecule has 0 fully saturated rings. The molecule has 3 heterocycles. The Bertz CT molecular complexity index is 921. The van der Waals surface area contributed by atoms with E-state index in [-0.39, 0.29) is 5.91 Å². The standard InChI is InChI=1S/C20H20N4O2/c1-14-12-17(19(25)21-13-16-8-5-11-26-16)23-20(22-14)24-10-4-7-15-6-2-3-9-18(15)24/h2-3,5-6,8-9,11-12H,4,7,10,13H2,1H3,(H,21,25). The number of aromatic nitrogens is 2. The summed E-state index contributed by atoms with van der Waals surface area (Å²) in [6.07, 6.45) is 3.67. The van der Waals surface area contributed by atoms with Gasteiger partial charge in [0.05, 0.1) is 12.8 Å². The first kappa shape index (κ1) is 16.3. The maximum absolute atomic E-state index is 12.5. The number of nitrogens with zero attached hydrogens (tertiary/aromatic N) is 3.